The fourth-order valence-corrected chi connectivity index (χ4v) is 3.80. The Morgan fingerprint density at radius 2 is 1.72 bits per heavy atom. The quantitative estimate of drug-likeness (QED) is 0.705. The summed E-state index contributed by atoms with van der Waals surface area (Å²) in [5, 5.41) is 20.9. The molecule has 2 aromatic carbocycles. The number of halogens is 2. The van der Waals surface area contributed by atoms with Gasteiger partial charge in [-0.25, -0.2) is 4.39 Å². The molecule has 1 aliphatic rings. The van der Waals surface area contributed by atoms with Crippen LogP contribution < -0.4 is 4.74 Å². The molecule has 3 rings (SSSR count). The number of hydrogen-bond donors (Lipinski definition) is 2. The molecule has 2 unspecified atom stereocenters. The van der Waals surface area contributed by atoms with Gasteiger partial charge >= 0.3 is 0 Å². The lowest BCUT2D eigenvalue weighted by atomic mass is 9.87. The van der Waals surface area contributed by atoms with E-state index in [1.165, 1.54) is 17.7 Å². The first-order valence-electron chi connectivity index (χ1n) is 9.97. The van der Waals surface area contributed by atoms with Gasteiger partial charge in [-0.05, 0) is 80.6 Å². The van der Waals surface area contributed by atoms with Crippen LogP contribution in [0.5, 0.6) is 5.75 Å². The number of piperidine rings is 1. The van der Waals surface area contributed by atoms with Gasteiger partial charge in [-0.3, -0.25) is 0 Å². The van der Waals surface area contributed by atoms with Crippen molar-refractivity contribution in [3.8, 4) is 5.75 Å². The van der Waals surface area contributed by atoms with E-state index in [1.54, 1.807) is 12.1 Å². The first-order chi connectivity index (χ1) is 13.4. The number of aryl methyl sites for hydroxylation is 1. The summed E-state index contributed by atoms with van der Waals surface area (Å²) in [4.78, 5) is 2.21. The van der Waals surface area contributed by atoms with Crippen LogP contribution in [-0.4, -0.2) is 47.5 Å². The zero-order chi connectivity index (χ0) is 20.1. The van der Waals surface area contributed by atoms with Crippen LogP contribution in [0.1, 0.15) is 35.6 Å². The summed E-state index contributed by atoms with van der Waals surface area (Å²) in [5.41, 5.74) is 3.04. The molecule has 0 radical (unpaired) electrons. The topological polar surface area (TPSA) is 52.9 Å². The molecule has 0 aliphatic carbocycles. The molecule has 0 amide bonds. The highest BCUT2D eigenvalue weighted by molar-refractivity contribution is 5.85. The molecule has 1 saturated heterocycles. The van der Waals surface area contributed by atoms with Crippen molar-refractivity contribution in [2.24, 2.45) is 5.92 Å². The number of nitrogens with zero attached hydrogens (tertiary/aromatic N) is 1. The summed E-state index contributed by atoms with van der Waals surface area (Å²) >= 11 is 0. The van der Waals surface area contributed by atoms with Crippen molar-refractivity contribution in [3.63, 3.8) is 0 Å². The van der Waals surface area contributed by atoms with Crippen molar-refractivity contribution < 1.29 is 19.3 Å². The third-order valence-corrected chi connectivity index (χ3v) is 5.75. The largest absolute Gasteiger partial charge is 0.491 e. The van der Waals surface area contributed by atoms with E-state index in [4.69, 9.17) is 4.74 Å². The van der Waals surface area contributed by atoms with Crippen LogP contribution in [0.25, 0.3) is 0 Å². The van der Waals surface area contributed by atoms with Crippen LogP contribution in [0.2, 0.25) is 0 Å². The first kappa shape index (κ1) is 23.6. The predicted molar refractivity (Wildman–Crippen MR) is 115 cm³/mol. The highest BCUT2D eigenvalue weighted by Gasteiger charge is 2.27. The van der Waals surface area contributed by atoms with Gasteiger partial charge in [-0.15, -0.1) is 12.4 Å². The van der Waals surface area contributed by atoms with Crippen LogP contribution in [-0.2, 0) is 0 Å². The third-order valence-electron chi connectivity index (χ3n) is 5.75. The van der Waals surface area contributed by atoms with Gasteiger partial charge in [0.1, 0.15) is 24.3 Å². The number of β-amino-alcohol motifs (C(OH)–C–C–N with tert-alkyl or cyclic N) is 1. The van der Waals surface area contributed by atoms with Crippen molar-refractivity contribution in [1.82, 2.24) is 4.90 Å². The Morgan fingerprint density at radius 1 is 1.07 bits per heavy atom. The van der Waals surface area contributed by atoms with Gasteiger partial charge in [0, 0.05) is 6.54 Å². The molecule has 2 atom stereocenters. The highest BCUT2D eigenvalue weighted by Crippen LogP contribution is 2.31. The molecular weight excluding hydrogens is 393 g/mol. The zero-order valence-electron chi connectivity index (χ0n) is 17.1. The molecule has 0 spiro atoms. The monoisotopic (exact) mass is 423 g/mol. The average Bonchev–Trinajstić information content (AvgIpc) is 2.70. The number of aliphatic hydroxyl groups excluding tert-OH is 2. The van der Waals surface area contributed by atoms with Crippen LogP contribution in [0.15, 0.2) is 42.5 Å². The first-order valence-corrected chi connectivity index (χ1v) is 9.97. The van der Waals surface area contributed by atoms with E-state index in [0.29, 0.717) is 6.54 Å². The molecule has 0 aromatic heterocycles. The zero-order valence-corrected chi connectivity index (χ0v) is 17.9. The summed E-state index contributed by atoms with van der Waals surface area (Å²) in [6.07, 6.45) is 0.574. The smallest absolute Gasteiger partial charge is 0.123 e. The van der Waals surface area contributed by atoms with Crippen LogP contribution in [0.3, 0.4) is 0 Å². The maximum Gasteiger partial charge on any atom is 0.123 e. The Kier molecular flexibility index (Phi) is 8.90. The molecule has 0 bridgehead atoms. The lowest BCUT2D eigenvalue weighted by Crippen LogP contribution is -2.41. The van der Waals surface area contributed by atoms with Crippen molar-refractivity contribution >= 4 is 12.4 Å². The van der Waals surface area contributed by atoms with Gasteiger partial charge in [0.15, 0.2) is 0 Å². The van der Waals surface area contributed by atoms with Crippen LogP contribution in [0.4, 0.5) is 4.39 Å². The average molecular weight is 424 g/mol. The van der Waals surface area contributed by atoms with Crippen LogP contribution in [0, 0.1) is 25.6 Å². The summed E-state index contributed by atoms with van der Waals surface area (Å²) in [7, 11) is 0. The van der Waals surface area contributed by atoms with Gasteiger partial charge in [0.25, 0.3) is 0 Å². The van der Waals surface area contributed by atoms with Crippen molar-refractivity contribution in [1.29, 1.82) is 0 Å². The molecule has 1 heterocycles. The Labute approximate surface area is 178 Å². The molecule has 1 fully saturated rings. The molecule has 2 aromatic rings. The summed E-state index contributed by atoms with van der Waals surface area (Å²) < 4.78 is 18.9. The normalized spacial score (nSPS) is 17.4. The minimum Gasteiger partial charge on any atom is -0.491 e. The van der Waals surface area contributed by atoms with Gasteiger partial charge in [-0.2, -0.15) is 0 Å². The minimum absolute atomic E-state index is 0. The maximum absolute atomic E-state index is 13.1. The third kappa shape index (κ3) is 6.41. The fraction of sp³-hybridized carbons (Fsp3) is 0.478. The predicted octanol–water partition coefficient (Wildman–Crippen LogP) is 4.05. The second-order valence-electron chi connectivity index (χ2n) is 7.80. The molecule has 6 heteroatoms. The van der Waals surface area contributed by atoms with E-state index in [0.717, 1.165) is 42.8 Å². The lowest BCUT2D eigenvalue weighted by Gasteiger charge is -2.35. The number of ether oxygens (including phenoxy) is 1. The summed E-state index contributed by atoms with van der Waals surface area (Å²) in [6.45, 7) is 6.54. The van der Waals surface area contributed by atoms with Gasteiger partial charge in [-0.1, -0.05) is 24.3 Å². The SMILES string of the molecule is Cc1cccc(OCC(O)CN2CCC(C(O)c3ccc(F)cc3)CC2)c1C.Cl. The summed E-state index contributed by atoms with van der Waals surface area (Å²) in [6, 6.07) is 12.0. The van der Waals surface area contributed by atoms with Gasteiger partial charge in [0.2, 0.25) is 0 Å². The molecule has 0 saturated carbocycles. The van der Waals surface area contributed by atoms with Crippen molar-refractivity contribution in [3.05, 3.63) is 65.0 Å². The standard InChI is InChI=1S/C23H30FNO3.ClH/c1-16-4-3-5-22(17(16)2)28-15-21(26)14-25-12-10-19(11-13-25)23(27)18-6-8-20(24)9-7-18;/h3-9,19,21,23,26-27H,10-15H2,1-2H3;1H. The number of hydrogen-bond acceptors (Lipinski definition) is 4. The molecular formula is C23H31ClFNO3. The van der Waals surface area contributed by atoms with Crippen molar-refractivity contribution in [2.75, 3.05) is 26.2 Å². The Hall–Kier alpha value is -1.66. The Morgan fingerprint density at radius 3 is 2.38 bits per heavy atom. The van der Waals surface area contributed by atoms with Gasteiger partial charge in [0.05, 0.1) is 6.10 Å². The Bertz CT molecular complexity index is 763. The van der Waals surface area contributed by atoms with Gasteiger partial charge < -0.3 is 19.8 Å². The fourth-order valence-electron chi connectivity index (χ4n) is 3.80. The molecule has 1 aliphatic heterocycles. The number of benzene rings is 2. The van der Waals surface area contributed by atoms with E-state index in [2.05, 4.69) is 4.90 Å². The number of likely N-dealkylation sites (tertiary alicyclic amines) is 1. The van der Waals surface area contributed by atoms with E-state index in [1.807, 2.05) is 32.0 Å². The van der Waals surface area contributed by atoms with E-state index in [-0.39, 0.29) is 30.7 Å². The second kappa shape index (κ2) is 10.9. The molecule has 160 valence electrons. The minimum atomic E-state index is -0.569. The highest BCUT2D eigenvalue weighted by atomic mass is 35.5. The molecule has 4 nitrogen and oxygen atoms in total. The Balaban J connectivity index is 0.00000300. The molecule has 2 N–H and O–H groups in total. The van der Waals surface area contributed by atoms with Crippen molar-refractivity contribution in [2.45, 2.75) is 38.9 Å². The van der Waals surface area contributed by atoms with E-state index >= 15 is 0 Å². The van der Waals surface area contributed by atoms with E-state index in [9.17, 15) is 14.6 Å². The maximum atomic E-state index is 13.1. The lowest BCUT2D eigenvalue weighted by molar-refractivity contribution is 0.0277. The molecule has 29 heavy (non-hydrogen) atoms. The number of aliphatic hydroxyl groups is 2. The van der Waals surface area contributed by atoms with E-state index < -0.39 is 12.2 Å². The second-order valence-corrected chi connectivity index (χ2v) is 7.80. The van der Waals surface area contributed by atoms with Crippen LogP contribution >= 0.6 is 12.4 Å². The summed E-state index contributed by atoms with van der Waals surface area (Å²) in [5.74, 6) is 0.688. The number of rotatable bonds is 7.